The minimum Gasteiger partial charge on any atom is -0.354 e. The van der Waals surface area contributed by atoms with E-state index in [9.17, 15) is 4.79 Å². The van der Waals surface area contributed by atoms with Crippen molar-refractivity contribution < 1.29 is 4.79 Å². The van der Waals surface area contributed by atoms with Crippen LogP contribution in [0.2, 0.25) is 5.02 Å². The summed E-state index contributed by atoms with van der Waals surface area (Å²) in [4.78, 5) is 14.1. The van der Waals surface area contributed by atoms with Gasteiger partial charge in [-0.25, -0.2) is 4.68 Å². The van der Waals surface area contributed by atoms with Gasteiger partial charge in [0.2, 0.25) is 5.91 Å². The highest BCUT2D eigenvalue weighted by Gasteiger charge is 2.23. The molecule has 0 aliphatic carbocycles. The molecule has 148 valence electrons. The first-order valence-corrected chi connectivity index (χ1v) is 9.54. The van der Waals surface area contributed by atoms with Crippen LogP contribution in [0, 0.1) is 0 Å². The maximum absolute atomic E-state index is 11.7. The summed E-state index contributed by atoms with van der Waals surface area (Å²) in [6, 6.07) is 8.00. The predicted octanol–water partition coefficient (Wildman–Crippen LogP) is 2.77. The van der Waals surface area contributed by atoms with E-state index in [0.717, 1.165) is 25.2 Å². The number of carbonyl (C=O) groups is 1. The van der Waals surface area contributed by atoms with E-state index in [2.05, 4.69) is 21.5 Å². The molecule has 1 unspecified atom stereocenters. The fourth-order valence-electron chi connectivity index (χ4n) is 3.36. The zero-order chi connectivity index (χ0) is 18.4. The molecule has 3 rings (SSSR count). The molecule has 6 nitrogen and oxygen atoms in total. The highest BCUT2D eigenvalue weighted by atomic mass is 35.5. The van der Waals surface area contributed by atoms with E-state index in [0.29, 0.717) is 30.6 Å². The summed E-state index contributed by atoms with van der Waals surface area (Å²) in [7, 11) is 0. The third kappa shape index (κ3) is 6.21. The lowest BCUT2D eigenvalue weighted by atomic mass is 10.0. The largest absolute Gasteiger partial charge is 0.354 e. The number of nitrogens with two attached hydrogens (primary N) is 1. The maximum Gasteiger partial charge on any atom is 0.221 e. The van der Waals surface area contributed by atoms with E-state index in [4.69, 9.17) is 17.3 Å². The van der Waals surface area contributed by atoms with Crippen molar-refractivity contribution in [3.63, 3.8) is 0 Å². The van der Waals surface area contributed by atoms with Crippen molar-refractivity contribution in [2.24, 2.45) is 5.73 Å². The summed E-state index contributed by atoms with van der Waals surface area (Å²) in [6.07, 6.45) is 7.86. The van der Waals surface area contributed by atoms with Gasteiger partial charge in [-0.2, -0.15) is 5.10 Å². The third-order valence-corrected chi connectivity index (χ3v) is 5.02. The summed E-state index contributed by atoms with van der Waals surface area (Å²) < 4.78 is 1.87. The van der Waals surface area contributed by atoms with Gasteiger partial charge in [0, 0.05) is 48.9 Å². The molecule has 1 aliphatic heterocycles. The highest BCUT2D eigenvalue weighted by Crippen LogP contribution is 2.20. The molecule has 3 N–H and O–H groups in total. The summed E-state index contributed by atoms with van der Waals surface area (Å²) in [5.41, 5.74) is 7.60. The number of carbonyl (C=O) groups excluding carboxylic acids is 1. The van der Waals surface area contributed by atoms with Gasteiger partial charge in [0.1, 0.15) is 0 Å². The molecule has 0 bridgehead atoms. The average Bonchev–Trinajstić information content (AvgIpc) is 3.10. The van der Waals surface area contributed by atoms with Crippen LogP contribution in [0.25, 0.3) is 5.69 Å². The van der Waals surface area contributed by atoms with Crippen LogP contribution in [0.1, 0.15) is 31.2 Å². The Hall–Kier alpha value is -1.60. The first-order chi connectivity index (χ1) is 12.7. The van der Waals surface area contributed by atoms with Crippen molar-refractivity contribution in [3.05, 3.63) is 47.2 Å². The molecule has 1 aromatic heterocycles. The van der Waals surface area contributed by atoms with Crippen molar-refractivity contribution in [2.75, 3.05) is 19.6 Å². The van der Waals surface area contributed by atoms with Crippen molar-refractivity contribution in [3.8, 4) is 5.69 Å². The van der Waals surface area contributed by atoms with Gasteiger partial charge in [-0.15, -0.1) is 12.4 Å². The van der Waals surface area contributed by atoms with E-state index in [1.807, 2.05) is 35.1 Å². The zero-order valence-electron chi connectivity index (χ0n) is 15.3. The average molecular weight is 412 g/mol. The summed E-state index contributed by atoms with van der Waals surface area (Å²) in [6.45, 7) is 2.96. The topological polar surface area (TPSA) is 76.2 Å². The molecule has 2 heterocycles. The quantitative estimate of drug-likeness (QED) is 0.733. The lowest BCUT2D eigenvalue weighted by molar-refractivity contribution is -0.121. The molecule has 2 aromatic rings. The van der Waals surface area contributed by atoms with Crippen LogP contribution in [0.3, 0.4) is 0 Å². The second-order valence-corrected chi connectivity index (χ2v) is 7.17. The van der Waals surface area contributed by atoms with Gasteiger partial charge in [0.25, 0.3) is 0 Å². The van der Waals surface area contributed by atoms with Crippen LogP contribution in [-0.2, 0) is 11.3 Å². The van der Waals surface area contributed by atoms with Crippen LogP contribution >= 0.6 is 24.0 Å². The molecule has 0 radical (unpaired) electrons. The lowest BCUT2D eigenvalue weighted by Crippen LogP contribution is -2.46. The molecule has 8 heteroatoms. The van der Waals surface area contributed by atoms with Crippen LogP contribution < -0.4 is 11.1 Å². The van der Waals surface area contributed by atoms with Crippen molar-refractivity contribution in [1.82, 2.24) is 20.0 Å². The zero-order valence-corrected chi connectivity index (χ0v) is 16.9. The van der Waals surface area contributed by atoms with Gasteiger partial charge in [-0.05, 0) is 43.7 Å². The molecule has 27 heavy (non-hydrogen) atoms. The number of hydrogen-bond acceptors (Lipinski definition) is 4. The van der Waals surface area contributed by atoms with Gasteiger partial charge in [-0.1, -0.05) is 18.0 Å². The lowest BCUT2D eigenvalue weighted by Gasteiger charge is -2.35. The minimum absolute atomic E-state index is 0. The first-order valence-electron chi connectivity index (χ1n) is 9.16. The Morgan fingerprint density at radius 3 is 2.81 bits per heavy atom. The number of nitrogens with one attached hydrogen (secondary N) is 1. The number of rotatable bonds is 7. The third-order valence-electron chi connectivity index (χ3n) is 4.77. The van der Waals surface area contributed by atoms with Crippen LogP contribution in [0.15, 0.2) is 36.7 Å². The summed E-state index contributed by atoms with van der Waals surface area (Å²) in [5, 5.41) is 8.20. The van der Waals surface area contributed by atoms with Crippen molar-refractivity contribution >= 4 is 29.9 Å². The normalized spacial score (nSPS) is 17.3. The molecule has 1 aromatic carbocycles. The van der Waals surface area contributed by atoms with Crippen LogP contribution in [0.4, 0.5) is 0 Å². The Kier molecular flexibility index (Phi) is 8.57. The number of nitrogens with zero attached hydrogens (tertiary/aromatic N) is 3. The number of aromatic nitrogens is 2. The van der Waals surface area contributed by atoms with Gasteiger partial charge < -0.3 is 11.1 Å². The highest BCUT2D eigenvalue weighted by molar-refractivity contribution is 6.30. The number of likely N-dealkylation sites (tertiary alicyclic amines) is 1. The van der Waals surface area contributed by atoms with Gasteiger partial charge >= 0.3 is 0 Å². The molecule has 1 atom stereocenters. The number of hydrogen-bond donors (Lipinski definition) is 2. The second-order valence-electron chi connectivity index (χ2n) is 6.73. The van der Waals surface area contributed by atoms with Crippen LogP contribution in [-0.4, -0.2) is 46.3 Å². The predicted molar refractivity (Wildman–Crippen MR) is 111 cm³/mol. The Balaban J connectivity index is 0.00000261. The number of halogens is 2. The molecule has 1 fully saturated rings. The SMILES string of the molecule is Cl.NCCC(=O)NCC1CCCCN1Cc1cnn(-c2ccc(Cl)cc2)c1. The number of benzene rings is 1. The van der Waals surface area contributed by atoms with E-state index >= 15 is 0 Å². The Morgan fingerprint density at radius 1 is 1.30 bits per heavy atom. The van der Waals surface area contributed by atoms with E-state index < -0.39 is 0 Å². The van der Waals surface area contributed by atoms with Crippen molar-refractivity contribution in [2.45, 2.75) is 38.3 Å². The smallest absolute Gasteiger partial charge is 0.221 e. The summed E-state index contributed by atoms with van der Waals surface area (Å²) >= 11 is 5.95. The van der Waals surface area contributed by atoms with Crippen molar-refractivity contribution in [1.29, 1.82) is 0 Å². The maximum atomic E-state index is 11.7. The standard InChI is InChI=1S/C19H26ClN5O.ClH/c20-16-4-6-17(7-5-16)25-14-15(11-23-25)13-24-10-2-1-3-18(24)12-22-19(26)8-9-21;/h4-7,11,14,18H,1-3,8-10,12-13,21H2,(H,22,26);1H. The fraction of sp³-hybridized carbons (Fsp3) is 0.474. The molecule has 1 saturated heterocycles. The molecule has 0 spiro atoms. The van der Waals surface area contributed by atoms with E-state index in [1.54, 1.807) is 0 Å². The summed E-state index contributed by atoms with van der Waals surface area (Å²) in [5.74, 6) is 0.0357. The number of amides is 1. The first kappa shape index (κ1) is 21.7. The molecule has 1 amide bonds. The van der Waals surface area contributed by atoms with E-state index in [1.165, 1.54) is 18.4 Å². The second kappa shape index (κ2) is 10.7. The fourth-order valence-corrected chi connectivity index (χ4v) is 3.49. The monoisotopic (exact) mass is 411 g/mol. The van der Waals surface area contributed by atoms with Crippen LogP contribution in [0.5, 0.6) is 0 Å². The number of piperidine rings is 1. The minimum atomic E-state index is 0. The van der Waals surface area contributed by atoms with Gasteiger partial charge in [0.05, 0.1) is 11.9 Å². The van der Waals surface area contributed by atoms with Gasteiger partial charge in [-0.3, -0.25) is 9.69 Å². The Morgan fingerprint density at radius 2 is 2.07 bits per heavy atom. The Labute approximate surface area is 171 Å². The molecular weight excluding hydrogens is 385 g/mol. The Bertz CT molecular complexity index is 719. The molecule has 1 aliphatic rings. The molecular formula is C19H27Cl2N5O. The van der Waals surface area contributed by atoms with Gasteiger partial charge in [0.15, 0.2) is 0 Å². The van der Waals surface area contributed by atoms with E-state index in [-0.39, 0.29) is 18.3 Å². The molecule has 0 saturated carbocycles.